The third kappa shape index (κ3) is 7.36. The molecule has 0 spiro atoms. The van der Waals surface area contributed by atoms with Gasteiger partial charge in [0.25, 0.3) is 5.92 Å². The molecule has 1 saturated heterocycles. The summed E-state index contributed by atoms with van der Waals surface area (Å²) in [5.41, 5.74) is 1.11. The van der Waals surface area contributed by atoms with E-state index >= 15 is 0 Å². The van der Waals surface area contributed by atoms with Gasteiger partial charge in [-0.1, -0.05) is 0 Å². The highest BCUT2D eigenvalue weighted by atomic mass is 19.4. The van der Waals surface area contributed by atoms with Gasteiger partial charge in [-0.3, -0.25) is 14.4 Å². The number of nitrogens with one attached hydrogen (secondary N) is 1. The molecule has 186 valence electrons. The van der Waals surface area contributed by atoms with Gasteiger partial charge < -0.3 is 15.2 Å². The smallest absolute Gasteiger partial charge is 0.475 e. The van der Waals surface area contributed by atoms with E-state index in [-0.39, 0.29) is 31.2 Å². The van der Waals surface area contributed by atoms with E-state index in [1.807, 2.05) is 10.7 Å². The highest BCUT2D eigenvalue weighted by Crippen LogP contribution is 2.37. The van der Waals surface area contributed by atoms with Crippen molar-refractivity contribution in [2.45, 2.75) is 62.8 Å². The van der Waals surface area contributed by atoms with Crippen molar-refractivity contribution in [3.8, 4) is 0 Å². The number of halogens is 5. The van der Waals surface area contributed by atoms with E-state index < -0.39 is 24.1 Å². The van der Waals surface area contributed by atoms with Crippen LogP contribution in [0.5, 0.6) is 0 Å². The molecule has 3 heterocycles. The first-order valence-corrected chi connectivity index (χ1v) is 10.7. The lowest BCUT2D eigenvalue weighted by Crippen LogP contribution is -2.51. The standard InChI is InChI=1S/C18H26F2N4O2.C2HF3O2/c19-18(20)8-14(9-18)22-17(25)7-16-12-23(10-13-2-5-26-6-3-13)11-15-1-4-21-24(15)16;3-2(4,5)1(6)7/h1,4,13-14,16H,2-3,5-12H2,(H,22,25);(H,6,7). The van der Waals surface area contributed by atoms with Gasteiger partial charge in [-0.2, -0.15) is 18.3 Å². The maximum absolute atomic E-state index is 12.9. The number of amides is 1. The Morgan fingerprint density at radius 1 is 1.24 bits per heavy atom. The average molecular weight is 482 g/mol. The summed E-state index contributed by atoms with van der Waals surface area (Å²) in [4.78, 5) is 23.6. The van der Waals surface area contributed by atoms with Crippen molar-refractivity contribution < 1.29 is 41.4 Å². The number of hydrogen-bond acceptors (Lipinski definition) is 5. The van der Waals surface area contributed by atoms with Crippen LogP contribution in [0.2, 0.25) is 0 Å². The molecule has 3 aliphatic rings. The van der Waals surface area contributed by atoms with Crippen LogP contribution in [0.25, 0.3) is 0 Å². The minimum absolute atomic E-state index is 0.0471. The van der Waals surface area contributed by atoms with Crippen LogP contribution >= 0.6 is 0 Å². The molecule has 0 radical (unpaired) electrons. The number of rotatable bonds is 5. The number of ether oxygens (including phenoxy) is 1. The Kier molecular flexibility index (Phi) is 7.93. The summed E-state index contributed by atoms with van der Waals surface area (Å²) in [6.07, 6.45) is -1.36. The number of nitrogens with zero attached hydrogens (tertiary/aromatic N) is 3. The number of alkyl halides is 5. The van der Waals surface area contributed by atoms with Crippen molar-refractivity contribution >= 4 is 11.9 Å². The number of hydrogen-bond donors (Lipinski definition) is 2. The number of carbonyl (C=O) groups excluding carboxylic acids is 1. The van der Waals surface area contributed by atoms with E-state index in [1.165, 1.54) is 0 Å². The average Bonchev–Trinajstić information content (AvgIpc) is 3.16. The highest BCUT2D eigenvalue weighted by molar-refractivity contribution is 5.77. The molecule has 2 fully saturated rings. The molecule has 2 N–H and O–H groups in total. The van der Waals surface area contributed by atoms with Gasteiger partial charge in [0.1, 0.15) is 0 Å². The van der Waals surface area contributed by atoms with Crippen molar-refractivity contribution in [1.82, 2.24) is 20.0 Å². The number of aromatic nitrogens is 2. The molecule has 0 aromatic carbocycles. The second kappa shape index (κ2) is 10.3. The van der Waals surface area contributed by atoms with Crippen LogP contribution in [-0.4, -0.2) is 76.1 Å². The fraction of sp³-hybridized carbons (Fsp3) is 0.750. The Morgan fingerprint density at radius 3 is 2.45 bits per heavy atom. The van der Waals surface area contributed by atoms with E-state index in [4.69, 9.17) is 14.6 Å². The molecule has 1 aromatic heterocycles. The van der Waals surface area contributed by atoms with Crippen LogP contribution in [0, 0.1) is 5.92 Å². The van der Waals surface area contributed by atoms with Crippen molar-refractivity contribution in [3.05, 3.63) is 18.0 Å². The van der Waals surface area contributed by atoms with Gasteiger partial charge in [-0.25, -0.2) is 13.6 Å². The molecule has 1 atom stereocenters. The predicted molar refractivity (Wildman–Crippen MR) is 105 cm³/mol. The van der Waals surface area contributed by atoms with Crippen LogP contribution in [0.4, 0.5) is 22.0 Å². The summed E-state index contributed by atoms with van der Waals surface area (Å²) in [6.45, 7) is 4.26. The molecule has 1 saturated carbocycles. The maximum atomic E-state index is 12.9. The molecule has 1 unspecified atom stereocenters. The second-order valence-electron chi connectivity index (χ2n) is 8.71. The molecule has 1 amide bonds. The van der Waals surface area contributed by atoms with E-state index in [0.29, 0.717) is 5.92 Å². The fourth-order valence-corrected chi connectivity index (χ4v) is 4.31. The summed E-state index contributed by atoms with van der Waals surface area (Å²) in [5.74, 6) is -4.90. The van der Waals surface area contributed by atoms with Crippen molar-refractivity contribution in [1.29, 1.82) is 0 Å². The first-order valence-electron chi connectivity index (χ1n) is 10.7. The summed E-state index contributed by atoms with van der Waals surface area (Å²) in [7, 11) is 0. The summed E-state index contributed by atoms with van der Waals surface area (Å²) in [6, 6.07) is 1.55. The van der Waals surface area contributed by atoms with Crippen LogP contribution < -0.4 is 5.32 Å². The SMILES string of the molecule is O=C(CC1CN(CC2CCOCC2)Cc2ccnn21)NC1CC(F)(F)C1.O=C(O)C(F)(F)F. The Morgan fingerprint density at radius 2 is 1.88 bits per heavy atom. The van der Waals surface area contributed by atoms with Gasteiger partial charge in [0, 0.05) is 57.9 Å². The van der Waals surface area contributed by atoms with Crippen LogP contribution in [0.15, 0.2) is 12.3 Å². The molecule has 1 aromatic rings. The topological polar surface area (TPSA) is 96.7 Å². The highest BCUT2D eigenvalue weighted by Gasteiger charge is 2.46. The van der Waals surface area contributed by atoms with Gasteiger partial charge in [-0.05, 0) is 24.8 Å². The molecule has 2 aliphatic heterocycles. The van der Waals surface area contributed by atoms with Crippen LogP contribution in [0.1, 0.15) is 43.8 Å². The quantitative estimate of drug-likeness (QED) is 0.627. The lowest BCUT2D eigenvalue weighted by atomic mass is 9.88. The zero-order chi connectivity index (χ0) is 24.2. The third-order valence-corrected chi connectivity index (χ3v) is 5.93. The molecule has 1 aliphatic carbocycles. The van der Waals surface area contributed by atoms with Crippen molar-refractivity contribution in [2.75, 3.05) is 26.3 Å². The number of carboxylic acid groups (broad SMARTS) is 1. The molecule has 4 rings (SSSR count). The van der Waals surface area contributed by atoms with E-state index in [1.54, 1.807) is 6.20 Å². The zero-order valence-electron chi connectivity index (χ0n) is 17.9. The monoisotopic (exact) mass is 482 g/mol. The third-order valence-electron chi connectivity index (χ3n) is 5.93. The Labute approximate surface area is 187 Å². The number of aliphatic carboxylic acids is 1. The Hall–Kier alpha value is -2.28. The second-order valence-corrected chi connectivity index (χ2v) is 8.71. The van der Waals surface area contributed by atoms with Crippen LogP contribution in [-0.2, 0) is 20.9 Å². The van der Waals surface area contributed by atoms with Gasteiger partial charge in [0.15, 0.2) is 0 Å². The number of carbonyl (C=O) groups is 2. The summed E-state index contributed by atoms with van der Waals surface area (Å²) >= 11 is 0. The molecular weight excluding hydrogens is 455 g/mol. The lowest BCUT2D eigenvalue weighted by Gasteiger charge is -2.38. The van der Waals surface area contributed by atoms with E-state index in [0.717, 1.165) is 51.4 Å². The predicted octanol–water partition coefficient (Wildman–Crippen LogP) is 2.60. The lowest BCUT2D eigenvalue weighted by molar-refractivity contribution is -0.192. The fourth-order valence-electron chi connectivity index (χ4n) is 4.31. The first kappa shape index (κ1) is 25.3. The minimum Gasteiger partial charge on any atom is -0.475 e. The van der Waals surface area contributed by atoms with Gasteiger partial charge in [0.05, 0.1) is 18.2 Å². The van der Waals surface area contributed by atoms with Crippen molar-refractivity contribution in [2.24, 2.45) is 5.92 Å². The van der Waals surface area contributed by atoms with Gasteiger partial charge >= 0.3 is 12.1 Å². The van der Waals surface area contributed by atoms with E-state index in [9.17, 15) is 26.7 Å². The van der Waals surface area contributed by atoms with Gasteiger partial charge in [-0.15, -0.1) is 0 Å². The molecule has 33 heavy (non-hydrogen) atoms. The Bertz CT molecular complexity index is 818. The van der Waals surface area contributed by atoms with Crippen LogP contribution in [0.3, 0.4) is 0 Å². The van der Waals surface area contributed by atoms with Gasteiger partial charge in [0.2, 0.25) is 5.91 Å². The molecular formula is C20H27F5N4O4. The largest absolute Gasteiger partial charge is 0.490 e. The molecule has 0 bridgehead atoms. The Balaban J connectivity index is 0.000000383. The number of fused-ring (bicyclic) bond motifs is 1. The van der Waals surface area contributed by atoms with E-state index in [2.05, 4.69) is 15.3 Å². The normalized spacial score (nSPS) is 23.6. The molecule has 13 heteroatoms. The minimum atomic E-state index is -5.08. The summed E-state index contributed by atoms with van der Waals surface area (Å²) in [5, 5.41) is 14.2. The summed E-state index contributed by atoms with van der Waals surface area (Å²) < 4.78 is 65.0. The first-order chi connectivity index (χ1) is 15.4. The maximum Gasteiger partial charge on any atom is 0.490 e. The molecule has 8 nitrogen and oxygen atoms in total. The number of carboxylic acids is 1. The zero-order valence-corrected chi connectivity index (χ0v) is 17.9. The van der Waals surface area contributed by atoms with Crippen molar-refractivity contribution in [3.63, 3.8) is 0 Å².